The van der Waals surface area contributed by atoms with E-state index in [1.807, 2.05) is 6.92 Å². The van der Waals surface area contributed by atoms with Gasteiger partial charge >= 0.3 is 0 Å². The first-order valence-corrected chi connectivity index (χ1v) is 4.39. The maximum atomic E-state index is 11.2. The van der Waals surface area contributed by atoms with Gasteiger partial charge in [-0.15, -0.1) is 12.3 Å². The summed E-state index contributed by atoms with van der Waals surface area (Å²) in [7, 11) is 0. The van der Waals surface area contributed by atoms with Gasteiger partial charge in [-0.05, 0) is 12.5 Å². The van der Waals surface area contributed by atoms with Crippen LogP contribution in [0.4, 0.5) is 0 Å². The van der Waals surface area contributed by atoms with Crippen LogP contribution in [-0.4, -0.2) is 12.3 Å². The number of hydrogen-bond donors (Lipinski definition) is 1. The Morgan fingerprint density at radius 1 is 1.67 bits per heavy atom. The van der Waals surface area contributed by atoms with Crippen LogP contribution in [0, 0.1) is 18.3 Å². The lowest BCUT2D eigenvalue weighted by Gasteiger charge is -2.09. The Labute approximate surface area is 74.5 Å². The van der Waals surface area contributed by atoms with E-state index in [1.54, 1.807) is 0 Å². The molecule has 68 valence electrons. The molecule has 1 atom stereocenters. The van der Waals surface area contributed by atoms with Gasteiger partial charge in [-0.3, -0.25) is 4.79 Å². The van der Waals surface area contributed by atoms with Gasteiger partial charge in [0.1, 0.15) is 5.78 Å². The zero-order valence-corrected chi connectivity index (χ0v) is 7.68. The van der Waals surface area contributed by atoms with Crippen molar-refractivity contribution in [1.82, 2.24) is 0 Å². The molecule has 2 N–H and O–H groups in total. The number of rotatable bonds is 6. The molecule has 0 heterocycles. The highest BCUT2D eigenvalue weighted by atomic mass is 16.1. The van der Waals surface area contributed by atoms with Crippen LogP contribution in [-0.2, 0) is 4.79 Å². The third-order valence-corrected chi connectivity index (χ3v) is 1.98. The summed E-state index contributed by atoms with van der Waals surface area (Å²) >= 11 is 0. The van der Waals surface area contributed by atoms with E-state index in [-0.39, 0.29) is 5.78 Å². The standard InChI is InChI=1S/C10H17NO/c1-3-5-6-10(12)7-9(4-2)8-11/h1,9H,4-8,11H2,2H3. The minimum atomic E-state index is 0.241. The maximum Gasteiger partial charge on any atom is 0.134 e. The first-order valence-electron chi connectivity index (χ1n) is 4.39. The summed E-state index contributed by atoms with van der Waals surface area (Å²) in [5.41, 5.74) is 5.47. The van der Waals surface area contributed by atoms with Gasteiger partial charge in [0.25, 0.3) is 0 Å². The van der Waals surface area contributed by atoms with E-state index in [2.05, 4.69) is 5.92 Å². The van der Waals surface area contributed by atoms with Crippen molar-refractivity contribution in [2.75, 3.05) is 6.54 Å². The van der Waals surface area contributed by atoms with Crippen LogP contribution in [0.25, 0.3) is 0 Å². The molecular formula is C10H17NO. The van der Waals surface area contributed by atoms with Crippen molar-refractivity contribution in [2.45, 2.75) is 32.6 Å². The summed E-state index contributed by atoms with van der Waals surface area (Å²) < 4.78 is 0. The van der Waals surface area contributed by atoms with Crippen molar-refractivity contribution >= 4 is 5.78 Å². The van der Waals surface area contributed by atoms with Gasteiger partial charge in [0.05, 0.1) is 0 Å². The molecule has 0 saturated heterocycles. The summed E-state index contributed by atoms with van der Waals surface area (Å²) in [4.78, 5) is 11.2. The van der Waals surface area contributed by atoms with Crippen LogP contribution in [0.2, 0.25) is 0 Å². The predicted octanol–water partition coefficient (Wildman–Crippen LogP) is 1.34. The van der Waals surface area contributed by atoms with Crippen molar-refractivity contribution in [3.63, 3.8) is 0 Å². The second-order valence-corrected chi connectivity index (χ2v) is 2.96. The van der Waals surface area contributed by atoms with E-state index in [0.29, 0.717) is 31.7 Å². The average molecular weight is 167 g/mol. The van der Waals surface area contributed by atoms with E-state index in [9.17, 15) is 4.79 Å². The largest absolute Gasteiger partial charge is 0.330 e. The van der Waals surface area contributed by atoms with Crippen molar-refractivity contribution in [2.24, 2.45) is 11.7 Å². The lowest BCUT2D eigenvalue weighted by atomic mass is 9.98. The van der Waals surface area contributed by atoms with Gasteiger partial charge in [0.2, 0.25) is 0 Å². The quantitative estimate of drug-likeness (QED) is 0.607. The molecule has 12 heavy (non-hydrogen) atoms. The number of nitrogens with two attached hydrogens (primary N) is 1. The first kappa shape index (κ1) is 11.2. The fourth-order valence-electron chi connectivity index (χ4n) is 1.03. The van der Waals surface area contributed by atoms with Crippen LogP contribution in [0.3, 0.4) is 0 Å². The summed E-state index contributed by atoms with van der Waals surface area (Å²) in [5.74, 6) is 3.04. The smallest absolute Gasteiger partial charge is 0.134 e. The molecule has 1 unspecified atom stereocenters. The highest BCUT2D eigenvalue weighted by molar-refractivity contribution is 5.78. The van der Waals surface area contributed by atoms with E-state index in [0.717, 1.165) is 6.42 Å². The number of Topliss-reactive ketones (excluding diaryl/α,β-unsaturated/α-hetero) is 1. The monoisotopic (exact) mass is 167 g/mol. The molecule has 0 aliphatic rings. The van der Waals surface area contributed by atoms with Crippen molar-refractivity contribution < 1.29 is 4.79 Å². The second kappa shape index (κ2) is 6.87. The Morgan fingerprint density at radius 3 is 2.75 bits per heavy atom. The van der Waals surface area contributed by atoms with Gasteiger partial charge in [-0.2, -0.15) is 0 Å². The third-order valence-electron chi connectivity index (χ3n) is 1.98. The number of carbonyl (C=O) groups is 1. The molecular weight excluding hydrogens is 150 g/mol. The van der Waals surface area contributed by atoms with Crippen LogP contribution < -0.4 is 5.73 Å². The minimum Gasteiger partial charge on any atom is -0.330 e. The zero-order valence-electron chi connectivity index (χ0n) is 7.68. The van der Waals surface area contributed by atoms with Crippen LogP contribution in [0.15, 0.2) is 0 Å². The Balaban J connectivity index is 3.60. The molecule has 0 fully saturated rings. The molecule has 0 bridgehead atoms. The summed E-state index contributed by atoms with van der Waals surface area (Å²) in [5, 5.41) is 0. The predicted molar refractivity (Wildman–Crippen MR) is 50.5 cm³/mol. The summed E-state index contributed by atoms with van der Waals surface area (Å²) in [6.07, 6.45) is 7.67. The number of hydrogen-bond acceptors (Lipinski definition) is 2. The molecule has 0 radical (unpaired) electrons. The molecule has 0 aromatic rings. The molecule has 0 aliphatic carbocycles. The maximum absolute atomic E-state index is 11.2. The van der Waals surface area contributed by atoms with Gasteiger partial charge in [0.15, 0.2) is 0 Å². The van der Waals surface area contributed by atoms with Crippen molar-refractivity contribution in [3.8, 4) is 12.3 Å². The average Bonchev–Trinajstić information content (AvgIpc) is 2.10. The molecule has 0 aromatic heterocycles. The summed E-state index contributed by atoms with van der Waals surface area (Å²) in [6.45, 7) is 2.64. The number of ketones is 1. The second-order valence-electron chi connectivity index (χ2n) is 2.96. The van der Waals surface area contributed by atoms with Gasteiger partial charge in [-0.25, -0.2) is 0 Å². The fourth-order valence-corrected chi connectivity index (χ4v) is 1.03. The summed E-state index contributed by atoms with van der Waals surface area (Å²) in [6, 6.07) is 0. The molecule has 2 heteroatoms. The van der Waals surface area contributed by atoms with E-state index < -0.39 is 0 Å². The Morgan fingerprint density at radius 2 is 2.33 bits per heavy atom. The topological polar surface area (TPSA) is 43.1 Å². The minimum absolute atomic E-state index is 0.241. The third kappa shape index (κ3) is 4.92. The molecule has 0 rings (SSSR count). The molecule has 0 aromatic carbocycles. The van der Waals surface area contributed by atoms with Crippen molar-refractivity contribution in [1.29, 1.82) is 0 Å². The molecule has 0 spiro atoms. The van der Waals surface area contributed by atoms with Crippen LogP contribution in [0.1, 0.15) is 32.6 Å². The highest BCUT2D eigenvalue weighted by Gasteiger charge is 2.09. The molecule has 2 nitrogen and oxygen atoms in total. The SMILES string of the molecule is C#CCCC(=O)CC(CC)CN. The van der Waals surface area contributed by atoms with Gasteiger partial charge in [0, 0.05) is 19.3 Å². The number of terminal acetylenes is 1. The van der Waals surface area contributed by atoms with E-state index >= 15 is 0 Å². The lowest BCUT2D eigenvalue weighted by molar-refractivity contribution is -0.119. The molecule has 0 aliphatic heterocycles. The van der Waals surface area contributed by atoms with Crippen molar-refractivity contribution in [3.05, 3.63) is 0 Å². The fraction of sp³-hybridized carbons (Fsp3) is 0.700. The Hall–Kier alpha value is -0.810. The normalized spacial score (nSPS) is 12.1. The Kier molecular flexibility index (Phi) is 6.41. The van der Waals surface area contributed by atoms with Gasteiger partial charge < -0.3 is 5.73 Å². The Bertz CT molecular complexity index is 165. The van der Waals surface area contributed by atoms with Crippen LogP contribution >= 0.6 is 0 Å². The van der Waals surface area contributed by atoms with Crippen LogP contribution in [0.5, 0.6) is 0 Å². The lowest BCUT2D eigenvalue weighted by Crippen LogP contribution is -2.17. The molecule has 0 amide bonds. The van der Waals surface area contributed by atoms with Gasteiger partial charge in [-0.1, -0.05) is 13.3 Å². The highest BCUT2D eigenvalue weighted by Crippen LogP contribution is 2.08. The zero-order chi connectivity index (χ0) is 9.40. The first-order chi connectivity index (χ1) is 5.74. The van der Waals surface area contributed by atoms with E-state index in [4.69, 9.17) is 12.2 Å². The molecule has 0 saturated carbocycles. The van der Waals surface area contributed by atoms with E-state index in [1.165, 1.54) is 0 Å². The number of carbonyl (C=O) groups excluding carboxylic acids is 1.